The van der Waals surface area contributed by atoms with Crippen LogP contribution in [0.1, 0.15) is 24.0 Å². The van der Waals surface area contributed by atoms with Gasteiger partial charge in [-0.1, -0.05) is 6.92 Å². The Morgan fingerprint density at radius 1 is 1.08 bits per heavy atom. The first-order valence-corrected chi connectivity index (χ1v) is 8.10. The number of aromatic amines is 1. The molecule has 26 heavy (non-hydrogen) atoms. The van der Waals surface area contributed by atoms with Gasteiger partial charge in [-0.2, -0.15) is 5.10 Å². The summed E-state index contributed by atoms with van der Waals surface area (Å²) in [5, 5.41) is 10.2. The molecule has 0 bridgehead atoms. The molecule has 134 valence electrons. The summed E-state index contributed by atoms with van der Waals surface area (Å²) in [6.07, 6.45) is 0. The smallest absolute Gasteiger partial charge is 0.161 e. The first kappa shape index (κ1) is 16.4. The Balaban J connectivity index is 1.78. The van der Waals surface area contributed by atoms with Gasteiger partial charge in [0.05, 0.1) is 25.6 Å². The van der Waals surface area contributed by atoms with Gasteiger partial charge in [-0.25, -0.2) is 8.78 Å². The lowest BCUT2D eigenvalue weighted by Gasteiger charge is -2.13. The topological polar surface area (TPSA) is 59.2 Å². The van der Waals surface area contributed by atoms with Gasteiger partial charge in [0.25, 0.3) is 0 Å². The Morgan fingerprint density at radius 2 is 1.81 bits per heavy atom. The van der Waals surface area contributed by atoms with Crippen LogP contribution in [0.2, 0.25) is 0 Å². The zero-order valence-corrected chi connectivity index (χ0v) is 14.5. The summed E-state index contributed by atoms with van der Waals surface area (Å²) in [5.74, 6) is 0.721. The second kappa shape index (κ2) is 6.01. The van der Waals surface area contributed by atoms with Crippen LogP contribution in [0.25, 0.3) is 11.3 Å². The highest BCUT2D eigenvalue weighted by atomic mass is 19.1. The van der Waals surface area contributed by atoms with Crippen molar-refractivity contribution < 1.29 is 18.3 Å². The van der Waals surface area contributed by atoms with E-state index >= 15 is 0 Å². The van der Waals surface area contributed by atoms with Crippen LogP contribution in [0, 0.1) is 11.6 Å². The fraction of sp³-hybridized carbons (Fsp3) is 0.211. The Bertz CT molecular complexity index is 1000. The number of H-pyrrole nitrogens is 1. The van der Waals surface area contributed by atoms with Crippen LogP contribution < -0.4 is 14.8 Å². The molecule has 1 aliphatic carbocycles. The van der Waals surface area contributed by atoms with Gasteiger partial charge in [-0.3, -0.25) is 5.10 Å². The zero-order valence-electron chi connectivity index (χ0n) is 14.5. The second-order valence-corrected chi connectivity index (χ2v) is 6.13. The predicted molar refractivity (Wildman–Crippen MR) is 94.3 cm³/mol. The molecule has 4 rings (SSSR count). The van der Waals surface area contributed by atoms with Gasteiger partial charge in [0.2, 0.25) is 0 Å². The van der Waals surface area contributed by atoms with Gasteiger partial charge in [-0.15, -0.1) is 0 Å². The highest BCUT2D eigenvalue weighted by Crippen LogP contribution is 2.50. The number of benzene rings is 2. The fourth-order valence-corrected chi connectivity index (χ4v) is 3.41. The van der Waals surface area contributed by atoms with Crippen molar-refractivity contribution >= 4 is 11.5 Å². The van der Waals surface area contributed by atoms with Crippen molar-refractivity contribution in [3.05, 3.63) is 53.1 Å². The molecule has 0 fully saturated rings. The maximum atomic E-state index is 14.0. The normalized spacial score (nSPS) is 14.7. The van der Waals surface area contributed by atoms with Crippen molar-refractivity contribution in [3.63, 3.8) is 0 Å². The largest absolute Gasteiger partial charge is 0.493 e. The number of halogens is 2. The molecule has 0 amide bonds. The van der Waals surface area contributed by atoms with E-state index in [-0.39, 0.29) is 11.6 Å². The molecule has 0 saturated carbocycles. The number of hydrogen-bond acceptors (Lipinski definition) is 4. The molecule has 1 heterocycles. The van der Waals surface area contributed by atoms with Gasteiger partial charge >= 0.3 is 0 Å². The molecular formula is C19H17F2N3O2. The van der Waals surface area contributed by atoms with Crippen molar-refractivity contribution in [1.29, 1.82) is 0 Å². The van der Waals surface area contributed by atoms with E-state index in [1.165, 1.54) is 0 Å². The fourth-order valence-electron chi connectivity index (χ4n) is 3.41. The molecule has 3 aromatic rings. The molecule has 7 heteroatoms. The number of nitrogens with zero attached hydrogens (tertiary/aromatic N) is 1. The second-order valence-electron chi connectivity index (χ2n) is 6.13. The van der Waals surface area contributed by atoms with Gasteiger partial charge in [-0.05, 0) is 29.8 Å². The number of anilines is 2. The third kappa shape index (κ3) is 2.39. The molecule has 0 radical (unpaired) electrons. The molecule has 1 unspecified atom stereocenters. The van der Waals surface area contributed by atoms with Crippen LogP contribution in [0.3, 0.4) is 0 Å². The van der Waals surface area contributed by atoms with Crippen molar-refractivity contribution in [3.8, 4) is 22.8 Å². The molecule has 2 aromatic carbocycles. The van der Waals surface area contributed by atoms with Gasteiger partial charge in [0.1, 0.15) is 17.5 Å². The minimum atomic E-state index is -0.541. The van der Waals surface area contributed by atoms with Crippen molar-refractivity contribution in [2.24, 2.45) is 0 Å². The molecule has 0 spiro atoms. The summed E-state index contributed by atoms with van der Waals surface area (Å²) in [4.78, 5) is 0. The Labute approximate surface area is 149 Å². The maximum Gasteiger partial charge on any atom is 0.161 e. The summed E-state index contributed by atoms with van der Waals surface area (Å²) < 4.78 is 38.2. The molecule has 0 aliphatic heterocycles. The molecule has 1 aromatic heterocycles. The Hall–Kier alpha value is -3.09. The SMILES string of the molecule is COc1cc2c(cc1OC)C(C)c1c-2n[nH]c1Nc1cc(F)ccc1F. The number of methoxy groups -OCH3 is 2. The lowest BCUT2D eigenvalue weighted by Crippen LogP contribution is -2.00. The molecule has 0 saturated heterocycles. The van der Waals surface area contributed by atoms with Crippen molar-refractivity contribution in [2.75, 3.05) is 19.5 Å². The zero-order chi connectivity index (χ0) is 18.4. The standard InChI is InChI=1S/C19H17F2N3O2/c1-9-11-7-15(25-2)16(26-3)8-12(11)18-17(9)19(24-23-18)22-14-6-10(20)4-5-13(14)21/h4-9H,1-3H3,(H2,22,23,24). The quantitative estimate of drug-likeness (QED) is 0.717. The maximum absolute atomic E-state index is 14.0. The van der Waals surface area contributed by atoms with E-state index in [1.807, 2.05) is 19.1 Å². The lowest BCUT2D eigenvalue weighted by molar-refractivity contribution is 0.354. The number of hydrogen-bond donors (Lipinski definition) is 2. The first-order chi connectivity index (χ1) is 12.5. The van der Waals surface area contributed by atoms with Gasteiger partial charge < -0.3 is 14.8 Å². The lowest BCUT2D eigenvalue weighted by atomic mass is 9.99. The van der Waals surface area contributed by atoms with E-state index in [4.69, 9.17) is 9.47 Å². The summed E-state index contributed by atoms with van der Waals surface area (Å²) in [7, 11) is 3.16. The van der Waals surface area contributed by atoms with Crippen molar-refractivity contribution in [2.45, 2.75) is 12.8 Å². The van der Waals surface area contributed by atoms with E-state index < -0.39 is 11.6 Å². The average molecular weight is 357 g/mol. The van der Waals surface area contributed by atoms with E-state index in [9.17, 15) is 8.78 Å². The van der Waals surface area contributed by atoms with Crippen LogP contribution in [0.15, 0.2) is 30.3 Å². The van der Waals surface area contributed by atoms with Crippen LogP contribution in [0.4, 0.5) is 20.3 Å². The Morgan fingerprint density at radius 3 is 2.54 bits per heavy atom. The van der Waals surface area contributed by atoms with Crippen molar-refractivity contribution in [1.82, 2.24) is 10.2 Å². The number of nitrogens with one attached hydrogen (secondary N) is 2. The van der Waals surface area contributed by atoms with Crippen LogP contribution in [-0.4, -0.2) is 24.4 Å². The van der Waals surface area contributed by atoms with Crippen LogP contribution in [0.5, 0.6) is 11.5 Å². The molecule has 1 aliphatic rings. The van der Waals surface area contributed by atoms with Crippen LogP contribution >= 0.6 is 0 Å². The highest BCUT2D eigenvalue weighted by Gasteiger charge is 2.33. The molecular weight excluding hydrogens is 340 g/mol. The summed E-state index contributed by atoms with van der Waals surface area (Å²) in [5.41, 5.74) is 3.66. The summed E-state index contributed by atoms with van der Waals surface area (Å²) in [6.45, 7) is 2.03. The predicted octanol–water partition coefficient (Wildman–Crippen LogP) is 4.58. The molecule has 1 atom stereocenters. The number of aromatic nitrogens is 2. The number of rotatable bonds is 4. The van der Waals surface area contributed by atoms with Gasteiger partial charge in [0.15, 0.2) is 11.5 Å². The van der Waals surface area contributed by atoms with E-state index in [1.54, 1.807) is 14.2 Å². The van der Waals surface area contributed by atoms with E-state index in [2.05, 4.69) is 15.5 Å². The summed E-state index contributed by atoms with van der Waals surface area (Å²) >= 11 is 0. The highest BCUT2D eigenvalue weighted by molar-refractivity contribution is 5.83. The minimum Gasteiger partial charge on any atom is -0.493 e. The van der Waals surface area contributed by atoms with Gasteiger partial charge in [0, 0.05) is 23.1 Å². The first-order valence-electron chi connectivity index (χ1n) is 8.10. The number of ether oxygens (including phenoxy) is 2. The Kier molecular flexibility index (Phi) is 3.79. The minimum absolute atomic E-state index is 0.00215. The number of fused-ring (bicyclic) bond motifs is 3. The molecule has 2 N–H and O–H groups in total. The van der Waals surface area contributed by atoms with Crippen LogP contribution in [-0.2, 0) is 0 Å². The third-order valence-electron chi connectivity index (χ3n) is 4.70. The van der Waals surface area contributed by atoms with E-state index in [0.717, 1.165) is 40.6 Å². The average Bonchev–Trinajstić information content (AvgIpc) is 3.17. The molecule has 5 nitrogen and oxygen atoms in total. The third-order valence-corrected chi connectivity index (χ3v) is 4.70. The van der Waals surface area contributed by atoms with E-state index in [0.29, 0.717) is 17.3 Å². The summed E-state index contributed by atoms with van der Waals surface area (Å²) in [6, 6.07) is 7.08. The monoisotopic (exact) mass is 357 g/mol.